The molecule has 0 atom stereocenters. The summed E-state index contributed by atoms with van der Waals surface area (Å²) in [6.45, 7) is 9.03. The summed E-state index contributed by atoms with van der Waals surface area (Å²) >= 11 is 0. The molecule has 2 aliphatic rings. The van der Waals surface area contributed by atoms with E-state index in [9.17, 15) is 30.7 Å². The molecule has 248 valence electrons. The van der Waals surface area contributed by atoms with Crippen molar-refractivity contribution >= 4 is 43.4 Å². The molecule has 2 aliphatic heterocycles. The molecule has 3 heterocycles. The molecule has 1 aromatic carbocycles. The molecule has 4 rings (SSSR count). The van der Waals surface area contributed by atoms with Crippen molar-refractivity contribution in [2.75, 3.05) is 17.2 Å². The number of pyridine rings is 1. The van der Waals surface area contributed by atoms with Crippen LogP contribution in [0.5, 0.6) is 0 Å². The Hall–Kier alpha value is -2.01. The number of hydrogen-bond donors (Lipinski definition) is 2. The van der Waals surface area contributed by atoms with E-state index in [2.05, 4.69) is 24.5 Å². The first-order valence-electron chi connectivity index (χ1n) is 15.2. The van der Waals surface area contributed by atoms with Crippen molar-refractivity contribution in [2.45, 2.75) is 82.1 Å². The van der Waals surface area contributed by atoms with Crippen LogP contribution >= 0.6 is 0 Å². The number of hydrogen-bond acceptors (Lipinski definition) is 8. The summed E-state index contributed by atoms with van der Waals surface area (Å²) in [5, 5.41) is 8.87. The number of aryl methyl sites for hydroxylation is 1. The number of benzene rings is 1. The van der Waals surface area contributed by atoms with Gasteiger partial charge in [-0.3, -0.25) is 9.35 Å². The molecule has 0 saturated heterocycles. The van der Waals surface area contributed by atoms with Crippen molar-refractivity contribution in [3.05, 3.63) is 83.7 Å². The van der Waals surface area contributed by atoms with Crippen LogP contribution in [0.4, 0.5) is 11.5 Å². The van der Waals surface area contributed by atoms with Gasteiger partial charge in [-0.1, -0.05) is 32.1 Å². The molecule has 2 N–H and O–H groups in total. The Morgan fingerprint density at radius 2 is 1.70 bits per heavy atom. The van der Waals surface area contributed by atoms with E-state index >= 15 is 0 Å². The molecule has 11 nitrogen and oxygen atoms in total. The Kier molecular flexibility index (Phi) is 13.2. The van der Waals surface area contributed by atoms with Crippen LogP contribution in [0.3, 0.4) is 0 Å². The van der Waals surface area contributed by atoms with Gasteiger partial charge >= 0.3 is 63.2 Å². The van der Waals surface area contributed by atoms with Gasteiger partial charge in [0.25, 0.3) is 10.1 Å². The first-order valence-corrected chi connectivity index (χ1v) is 18.2. The Labute approximate surface area is 320 Å². The van der Waals surface area contributed by atoms with Gasteiger partial charge in [0.2, 0.25) is 0 Å². The minimum atomic E-state index is -4.68. The van der Waals surface area contributed by atoms with E-state index in [1.807, 2.05) is 61.4 Å². The topological polar surface area (TPSA) is 168 Å². The molecule has 0 amide bonds. The minimum absolute atomic E-state index is 0. The number of carboxylic acid groups (broad SMARTS) is 1. The van der Waals surface area contributed by atoms with Gasteiger partial charge in [0.1, 0.15) is 10.1 Å². The van der Waals surface area contributed by atoms with Crippen molar-refractivity contribution in [3.63, 3.8) is 0 Å². The number of fused-ring (bicyclic) bond motifs is 2. The summed E-state index contributed by atoms with van der Waals surface area (Å²) in [6.07, 6.45) is 14.0. The normalized spacial score (nSPS) is 17.6. The molecule has 14 heteroatoms. The number of nitrogens with zero attached hydrogens (tertiary/aromatic N) is 3. The molecule has 0 spiro atoms. The van der Waals surface area contributed by atoms with E-state index in [-0.39, 0.29) is 81.1 Å². The number of aliphatic imine (C=N–C) groups is 1. The first-order chi connectivity index (χ1) is 21.4. The predicted octanol–water partition coefficient (Wildman–Crippen LogP) is 1.96. The van der Waals surface area contributed by atoms with E-state index in [0.717, 1.165) is 42.2 Å². The smallest absolute Gasteiger partial charge is 0.744 e. The molecule has 1 aromatic heterocycles. The van der Waals surface area contributed by atoms with Crippen LogP contribution in [0, 0.1) is 0 Å². The number of allylic oxidation sites excluding steroid dienone is 6. The average molecular weight is 711 g/mol. The summed E-state index contributed by atoms with van der Waals surface area (Å²) < 4.78 is 69.3. The van der Waals surface area contributed by atoms with E-state index in [4.69, 9.17) is 10.1 Å². The largest absolute Gasteiger partial charge is 1.00 e. The van der Waals surface area contributed by atoms with Crippen molar-refractivity contribution < 1.29 is 91.8 Å². The van der Waals surface area contributed by atoms with E-state index < -0.39 is 37.4 Å². The molecular weight excluding hydrogens is 670 g/mol. The molecule has 47 heavy (non-hydrogen) atoms. The van der Waals surface area contributed by atoms with Crippen molar-refractivity contribution in [1.29, 1.82) is 0 Å². The van der Waals surface area contributed by atoms with Crippen molar-refractivity contribution in [1.82, 2.24) is 0 Å². The van der Waals surface area contributed by atoms with Crippen molar-refractivity contribution in [3.8, 4) is 0 Å². The summed E-state index contributed by atoms with van der Waals surface area (Å²) in [6, 6.07) is 8.25. The molecule has 0 fully saturated rings. The Morgan fingerprint density at radius 1 is 0.979 bits per heavy atom. The summed E-state index contributed by atoms with van der Waals surface area (Å²) in [4.78, 5) is 17.3. The number of anilines is 1. The van der Waals surface area contributed by atoms with Gasteiger partial charge in [-0.05, 0) is 92.6 Å². The Balaban J connectivity index is 0.00000600. The maximum absolute atomic E-state index is 11.7. The van der Waals surface area contributed by atoms with Gasteiger partial charge in [0.15, 0.2) is 5.71 Å². The second kappa shape index (κ2) is 15.7. The van der Waals surface area contributed by atoms with Crippen LogP contribution in [-0.2, 0) is 42.4 Å². The third-order valence-corrected chi connectivity index (χ3v) is 10.2. The maximum Gasteiger partial charge on any atom is 1.00 e. The average Bonchev–Trinajstić information content (AvgIpc) is 3.33. The fraction of sp³-hybridized carbons (Fsp3) is 0.424. The zero-order valence-corrected chi connectivity index (χ0v) is 32.3. The number of carboxylic acids is 1. The van der Waals surface area contributed by atoms with E-state index in [1.54, 1.807) is 6.07 Å². The molecular formula is C33H41KN3O8S2+. The monoisotopic (exact) mass is 710 g/mol. The quantitative estimate of drug-likeness (QED) is 0.0979. The van der Waals surface area contributed by atoms with Crippen LogP contribution in [0.2, 0.25) is 0 Å². The summed E-state index contributed by atoms with van der Waals surface area (Å²) in [5.74, 6) is -0.316. The van der Waals surface area contributed by atoms with E-state index in [0.29, 0.717) is 17.7 Å². The molecule has 0 bridgehead atoms. The van der Waals surface area contributed by atoms with Crippen LogP contribution in [0.25, 0.3) is 0 Å². The van der Waals surface area contributed by atoms with Crippen LogP contribution in [0.15, 0.2) is 82.5 Å². The van der Waals surface area contributed by atoms with Gasteiger partial charge in [0.05, 0.1) is 34.4 Å². The molecule has 0 saturated carbocycles. The third kappa shape index (κ3) is 9.58. The van der Waals surface area contributed by atoms with Gasteiger partial charge < -0.3 is 14.6 Å². The van der Waals surface area contributed by atoms with Gasteiger partial charge in [-0.15, -0.1) is 0 Å². The molecule has 2 aromatic rings. The van der Waals surface area contributed by atoms with Gasteiger partial charge in [-0.25, -0.2) is 13.0 Å². The standard InChI is InChI=1S/C33H41N3O8S2.K/c1-32(2)25-13-11-20-35(19-10-6-9-16-30(37)38)31(25)34-28(32)14-7-5-8-15-29-33(3,4)26-23-24(46(42,43)44)17-18-27(26)36(29)21-12-22-45(39,40)41;/h5,7-8,11,13-15,17-18,20,23H,6,9-10,12,16,19,21-22H2,1-4H3,(H2-,37,38,39,40,41,42,43,44);/q;+1. The zero-order valence-electron chi connectivity index (χ0n) is 27.5. The number of unbranched alkanes of at least 4 members (excludes halogenated alkanes) is 2. The first kappa shape index (κ1) is 39.4. The number of carbonyl (C=O) groups is 1. The number of aliphatic carboxylic acids is 1. The van der Waals surface area contributed by atoms with Crippen molar-refractivity contribution in [2.24, 2.45) is 4.99 Å². The third-order valence-electron chi connectivity index (χ3n) is 8.54. The summed E-state index contributed by atoms with van der Waals surface area (Å²) in [5.41, 5.74) is 3.03. The minimum Gasteiger partial charge on any atom is -0.744 e. The fourth-order valence-electron chi connectivity index (χ4n) is 6.02. The van der Waals surface area contributed by atoms with Crippen LogP contribution in [0.1, 0.15) is 70.9 Å². The van der Waals surface area contributed by atoms with Gasteiger partial charge in [-0.2, -0.15) is 8.42 Å². The van der Waals surface area contributed by atoms with Crippen LogP contribution in [-0.4, -0.2) is 55.0 Å². The Bertz CT molecular complexity index is 1850. The van der Waals surface area contributed by atoms with E-state index in [1.165, 1.54) is 12.1 Å². The van der Waals surface area contributed by atoms with Gasteiger partial charge in [0, 0.05) is 29.8 Å². The Morgan fingerprint density at radius 3 is 2.36 bits per heavy atom. The molecule has 0 radical (unpaired) electrons. The molecule has 0 unspecified atom stereocenters. The fourth-order valence-corrected chi connectivity index (χ4v) is 7.01. The second-order valence-corrected chi connectivity index (χ2v) is 15.6. The SMILES string of the molecule is CC1(C)C(/C=C/C=C/C=C2\N(CCCS(=O)(=O)O)c3ccc(S(=O)(=O)[O-])cc3C2(C)C)=Nc2c1ccc[n+]2CCCCCC(=O)O.[K+]. The predicted molar refractivity (Wildman–Crippen MR) is 175 cm³/mol. The maximum atomic E-state index is 11.7. The second-order valence-electron chi connectivity index (χ2n) is 12.6. The number of rotatable bonds is 14. The molecule has 0 aliphatic carbocycles. The van der Waals surface area contributed by atoms with Crippen LogP contribution < -0.4 is 60.9 Å². The summed E-state index contributed by atoms with van der Waals surface area (Å²) in [7, 11) is -8.84. The number of aromatic nitrogens is 1. The zero-order chi connectivity index (χ0) is 33.9.